The van der Waals surface area contributed by atoms with Crippen LogP contribution in [0.15, 0.2) is 0 Å². The summed E-state index contributed by atoms with van der Waals surface area (Å²) in [4.78, 5) is 11.5. The first-order chi connectivity index (χ1) is 10.8. The van der Waals surface area contributed by atoms with Gasteiger partial charge in [0.05, 0.1) is 0 Å². The predicted molar refractivity (Wildman–Crippen MR) is 103 cm³/mol. The van der Waals surface area contributed by atoms with E-state index >= 15 is 0 Å². The van der Waals surface area contributed by atoms with Crippen molar-refractivity contribution < 1.29 is 9.53 Å². The lowest BCUT2D eigenvalue weighted by Gasteiger charge is -2.05. The van der Waals surface area contributed by atoms with Crippen molar-refractivity contribution in [2.45, 2.75) is 84.0 Å². The first-order valence-corrected chi connectivity index (χ1v) is 11.4. The monoisotopic (exact) mass is 394 g/mol. The minimum Gasteiger partial charge on any atom is -0.465 e. The van der Waals surface area contributed by atoms with E-state index in [-0.39, 0.29) is 5.97 Å². The quantitative estimate of drug-likeness (QED) is 0.163. The molecule has 0 spiro atoms. The Morgan fingerprint density at radius 1 is 0.864 bits per heavy atom. The van der Waals surface area contributed by atoms with Crippen molar-refractivity contribution in [1.82, 2.24) is 0 Å². The summed E-state index contributed by atoms with van der Waals surface area (Å²) in [5.74, 6) is 2.14. The van der Waals surface area contributed by atoms with Gasteiger partial charge >= 0.3 is 5.97 Å². The maximum atomic E-state index is 11.5. The van der Waals surface area contributed by atoms with Crippen molar-refractivity contribution in [1.29, 1.82) is 0 Å². The minimum absolute atomic E-state index is 0.0133. The summed E-state index contributed by atoms with van der Waals surface area (Å²) in [6.07, 6.45) is 14.5. The molecule has 0 aromatic heterocycles. The Balaban J connectivity index is 3.12. The predicted octanol–water partition coefficient (Wildman–Crippen LogP) is 6.36. The number of thioether (sulfide) groups is 1. The molecule has 0 aliphatic carbocycles. The zero-order chi connectivity index (χ0) is 16.3. The zero-order valence-corrected chi connectivity index (χ0v) is 16.8. The van der Waals surface area contributed by atoms with Gasteiger partial charge in [-0.15, -0.1) is 0 Å². The summed E-state index contributed by atoms with van der Waals surface area (Å²) in [5.41, 5.74) is 0. The molecule has 0 unspecified atom stereocenters. The van der Waals surface area contributed by atoms with Gasteiger partial charge in [0.25, 0.3) is 0 Å². The fourth-order valence-corrected chi connectivity index (χ4v) is 3.48. The van der Waals surface area contributed by atoms with Gasteiger partial charge < -0.3 is 4.74 Å². The lowest BCUT2D eigenvalue weighted by Crippen LogP contribution is -2.07. The summed E-state index contributed by atoms with van der Waals surface area (Å²) < 4.78 is 5.26. The number of rotatable bonds is 17. The van der Waals surface area contributed by atoms with E-state index in [0.717, 1.165) is 23.9 Å². The largest absolute Gasteiger partial charge is 0.465 e. The van der Waals surface area contributed by atoms with Crippen LogP contribution in [0.5, 0.6) is 0 Å². The number of unbranched alkanes of at least 4 members (excludes halogenated alkanes) is 9. The standard InChI is InChI=1S/C18H35BrO2S/c1-2-3-4-5-9-12-16-22-17-15-21-18(20)13-10-7-6-8-11-14-19/h2-17H2,1H3. The van der Waals surface area contributed by atoms with Crippen LogP contribution in [0.1, 0.15) is 84.0 Å². The van der Waals surface area contributed by atoms with E-state index in [9.17, 15) is 4.79 Å². The highest BCUT2D eigenvalue weighted by atomic mass is 79.9. The van der Waals surface area contributed by atoms with Crippen molar-refractivity contribution in [3.63, 3.8) is 0 Å². The maximum absolute atomic E-state index is 11.5. The summed E-state index contributed by atoms with van der Waals surface area (Å²) in [6.45, 7) is 2.84. The van der Waals surface area contributed by atoms with Gasteiger partial charge in [-0.2, -0.15) is 11.8 Å². The third-order valence-electron chi connectivity index (χ3n) is 3.65. The number of alkyl halides is 1. The first kappa shape index (κ1) is 22.3. The number of hydrogen-bond donors (Lipinski definition) is 0. The maximum Gasteiger partial charge on any atom is 0.305 e. The molecule has 0 aliphatic heterocycles. The van der Waals surface area contributed by atoms with Crippen molar-refractivity contribution in [3.8, 4) is 0 Å². The van der Waals surface area contributed by atoms with Crippen LogP contribution in [0.4, 0.5) is 0 Å². The number of hydrogen-bond acceptors (Lipinski definition) is 3. The fraction of sp³-hybridized carbons (Fsp3) is 0.944. The van der Waals surface area contributed by atoms with Crippen molar-refractivity contribution >= 4 is 33.7 Å². The van der Waals surface area contributed by atoms with E-state index in [1.165, 1.54) is 63.5 Å². The fourth-order valence-electron chi connectivity index (χ4n) is 2.27. The van der Waals surface area contributed by atoms with Crippen molar-refractivity contribution in [2.24, 2.45) is 0 Å². The van der Waals surface area contributed by atoms with Gasteiger partial charge in [0.15, 0.2) is 0 Å². The highest BCUT2D eigenvalue weighted by molar-refractivity contribution is 9.09. The highest BCUT2D eigenvalue weighted by Gasteiger charge is 2.02. The Labute approximate surface area is 150 Å². The minimum atomic E-state index is -0.0133. The van der Waals surface area contributed by atoms with Gasteiger partial charge in [-0.1, -0.05) is 74.2 Å². The number of carbonyl (C=O) groups is 1. The van der Waals surface area contributed by atoms with Gasteiger partial charge in [0, 0.05) is 17.5 Å². The SMILES string of the molecule is CCCCCCCCSCCOC(=O)CCCCCCCBr. The Morgan fingerprint density at radius 3 is 2.23 bits per heavy atom. The van der Waals surface area contributed by atoms with E-state index < -0.39 is 0 Å². The second kappa shape index (κ2) is 19.3. The van der Waals surface area contributed by atoms with Gasteiger partial charge in [-0.25, -0.2) is 0 Å². The molecule has 0 radical (unpaired) electrons. The Morgan fingerprint density at radius 2 is 1.50 bits per heavy atom. The lowest BCUT2D eigenvalue weighted by atomic mass is 10.1. The zero-order valence-electron chi connectivity index (χ0n) is 14.4. The third kappa shape index (κ3) is 18.3. The van der Waals surface area contributed by atoms with Gasteiger partial charge in [-0.05, 0) is 25.0 Å². The highest BCUT2D eigenvalue weighted by Crippen LogP contribution is 2.10. The molecular formula is C18H35BrO2S. The summed E-state index contributed by atoms with van der Waals surface area (Å²) in [6, 6.07) is 0. The molecule has 0 atom stereocenters. The molecule has 2 nitrogen and oxygen atoms in total. The van der Waals surface area contributed by atoms with Crippen LogP contribution in [0, 0.1) is 0 Å². The Hall–Kier alpha value is 0.300. The molecule has 0 fully saturated rings. The molecule has 0 bridgehead atoms. The van der Waals surface area contributed by atoms with Crippen molar-refractivity contribution in [2.75, 3.05) is 23.4 Å². The second-order valence-electron chi connectivity index (χ2n) is 5.81. The normalized spacial score (nSPS) is 10.8. The number of carbonyl (C=O) groups excluding carboxylic acids is 1. The van der Waals surface area contributed by atoms with Crippen LogP contribution >= 0.6 is 27.7 Å². The van der Waals surface area contributed by atoms with Crippen LogP contribution in [0.25, 0.3) is 0 Å². The average Bonchev–Trinajstić information content (AvgIpc) is 2.52. The van der Waals surface area contributed by atoms with Gasteiger partial charge in [0.2, 0.25) is 0 Å². The van der Waals surface area contributed by atoms with Gasteiger partial charge in [0.1, 0.15) is 6.61 Å². The smallest absolute Gasteiger partial charge is 0.305 e. The van der Waals surface area contributed by atoms with E-state index in [1.807, 2.05) is 11.8 Å². The average molecular weight is 395 g/mol. The third-order valence-corrected chi connectivity index (χ3v) is 5.24. The summed E-state index contributed by atoms with van der Waals surface area (Å²) in [7, 11) is 0. The number of esters is 1. The topological polar surface area (TPSA) is 26.3 Å². The molecule has 0 aromatic rings. The summed E-state index contributed by atoms with van der Waals surface area (Å²) in [5, 5.41) is 1.09. The van der Waals surface area contributed by atoms with Crippen LogP contribution in [-0.4, -0.2) is 29.4 Å². The summed E-state index contributed by atoms with van der Waals surface area (Å²) >= 11 is 5.35. The van der Waals surface area contributed by atoms with Crippen LogP contribution in [0.3, 0.4) is 0 Å². The van der Waals surface area contributed by atoms with Gasteiger partial charge in [-0.3, -0.25) is 4.79 Å². The molecule has 22 heavy (non-hydrogen) atoms. The molecule has 0 rings (SSSR count). The molecular weight excluding hydrogens is 360 g/mol. The molecule has 0 N–H and O–H groups in total. The lowest BCUT2D eigenvalue weighted by molar-refractivity contribution is -0.143. The van der Waals surface area contributed by atoms with Crippen LogP contribution in [0.2, 0.25) is 0 Å². The first-order valence-electron chi connectivity index (χ1n) is 9.10. The van der Waals surface area contributed by atoms with E-state index in [2.05, 4.69) is 22.9 Å². The molecule has 0 saturated heterocycles. The Kier molecular flexibility index (Phi) is 19.6. The van der Waals surface area contributed by atoms with Crippen LogP contribution < -0.4 is 0 Å². The second-order valence-corrected chi connectivity index (χ2v) is 7.83. The molecule has 0 saturated carbocycles. The Bertz CT molecular complexity index is 237. The van der Waals surface area contributed by atoms with Crippen LogP contribution in [-0.2, 0) is 9.53 Å². The van der Waals surface area contributed by atoms with E-state index in [0.29, 0.717) is 13.0 Å². The number of ether oxygens (including phenoxy) is 1. The number of halogens is 1. The van der Waals surface area contributed by atoms with E-state index in [4.69, 9.17) is 4.74 Å². The molecule has 0 amide bonds. The molecule has 0 aromatic carbocycles. The molecule has 4 heteroatoms. The van der Waals surface area contributed by atoms with Crippen molar-refractivity contribution in [3.05, 3.63) is 0 Å². The molecule has 0 heterocycles. The molecule has 0 aliphatic rings. The molecule has 132 valence electrons. The van der Waals surface area contributed by atoms with E-state index in [1.54, 1.807) is 0 Å².